The lowest BCUT2D eigenvalue weighted by Gasteiger charge is -2.44. The van der Waals surface area contributed by atoms with Gasteiger partial charge in [-0.15, -0.1) is 0 Å². The molecule has 0 unspecified atom stereocenters. The second-order valence-corrected chi connectivity index (χ2v) is 12.3. The standard InChI is InChI=1S/C23H30O3Si/c1-23(2,3)27(20-13-7-5-8-14-20,21-15-9-6-10-16-21)25-18-19-12-11-17-22(24-4)26-19/h5-11,13-17,19,22H,12,18H2,1-4H3/t19-,22-/m1/s1. The summed E-state index contributed by atoms with van der Waals surface area (Å²) in [5.41, 5.74) is 0. The minimum absolute atomic E-state index is 0.00148. The molecule has 0 aliphatic carbocycles. The Morgan fingerprint density at radius 1 is 0.963 bits per heavy atom. The molecule has 4 heteroatoms. The lowest BCUT2D eigenvalue weighted by Crippen LogP contribution is -2.67. The number of rotatable bonds is 6. The number of hydrogen-bond acceptors (Lipinski definition) is 3. The van der Waals surface area contributed by atoms with Crippen molar-refractivity contribution in [3.63, 3.8) is 0 Å². The third-order valence-corrected chi connectivity index (χ3v) is 10.2. The molecule has 0 amide bonds. The molecule has 1 aliphatic rings. The van der Waals surface area contributed by atoms with E-state index in [9.17, 15) is 0 Å². The molecule has 27 heavy (non-hydrogen) atoms. The van der Waals surface area contributed by atoms with Crippen molar-refractivity contribution in [1.82, 2.24) is 0 Å². The molecule has 0 saturated heterocycles. The number of methoxy groups -OCH3 is 1. The lowest BCUT2D eigenvalue weighted by atomic mass is 10.2. The van der Waals surface area contributed by atoms with Crippen molar-refractivity contribution >= 4 is 18.7 Å². The molecule has 0 radical (unpaired) electrons. The van der Waals surface area contributed by atoms with Gasteiger partial charge in [-0.2, -0.15) is 0 Å². The molecule has 0 fully saturated rings. The van der Waals surface area contributed by atoms with Gasteiger partial charge in [0.15, 0.2) is 6.29 Å². The molecule has 2 aromatic carbocycles. The summed E-state index contributed by atoms with van der Waals surface area (Å²) in [5.74, 6) is 0. The van der Waals surface area contributed by atoms with Gasteiger partial charge in [0.05, 0.1) is 12.7 Å². The molecular formula is C23H30O3Si. The van der Waals surface area contributed by atoms with Crippen molar-refractivity contribution in [3.05, 3.63) is 72.8 Å². The predicted octanol–water partition coefficient (Wildman–Crippen LogP) is 3.88. The van der Waals surface area contributed by atoms with Crippen LogP contribution in [0.1, 0.15) is 27.2 Å². The first kappa shape index (κ1) is 20.0. The van der Waals surface area contributed by atoms with Crippen molar-refractivity contribution in [2.45, 2.75) is 44.6 Å². The fourth-order valence-corrected chi connectivity index (χ4v) is 8.44. The quantitative estimate of drug-likeness (QED) is 0.560. The summed E-state index contributed by atoms with van der Waals surface area (Å²) in [6.07, 6.45) is 4.64. The summed E-state index contributed by atoms with van der Waals surface area (Å²) in [4.78, 5) is 0. The van der Waals surface area contributed by atoms with Gasteiger partial charge in [0, 0.05) is 7.11 Å². The molecule has 1 heterocycles. The van der Waals surface area contributed by atoms with Crippen LogP contribution in [0.4, 0.5) is 0 Å². The molecule has 0 N–H and O–H groups in total. The lowest BCUT2D eigenvalue weighted by molar-refractivity contribution is -0.140. The Labute approximate surface area is 164 Å². The van der Waals surface area contributed by atoms with Crippen molar-refractivity contribution in [2.75, 3.05) is 13.7 Å². The van der Waals surface area contributed by atoms with Crippen LogP contribution in [-0.2, 0) is 13.9 Å². The zero-order valence-corrected chi connectivity index (χ0v) is 17.7. The first-order chi connectivity index (χ1) is 13.0. The second-order valence-electron chi connectivity index (χ2n) is 8.00. The summed E-state index contributed by atoms with van der Waals surface area (Å²) in [7, 11) is -0.843. The van der Waals surface area contributed by atoms with Crippen molar-refractivity contribution < 1.29 is 13.9 Å². The largest absolute Gasteiger partial charge is 0.405 e. The van der Waals surface area contributed by atoms with Crippen LogP contribution in [0.2, 0.25) is 5.04 Å². The summed E-state index contributed by atoms with van der Waals surface area (Å²) in [5, 5.41) is 2.55. The normalized spacial score (nSPS) is 20.6. The van der Waals surface area contributed by atoms with E-state index in [1.807, 2.05) is 6.08 Å². The smallest absolute Gasteiger partial charge is 0.261 e. The average Bonchev–Trinajstić information content (AvgIpc) is 2.69. The highest BCUT2D eigenvalue weighted by atomic mass is 28.4. The maximum absolute atomic E-state index is 6.92. The molecule has 0 spiro atoms. The molecule has 3 rings (SSSR count). The molecule has 0 saturated carbocycles. The highest BCUT2D eigenvalue weighted by Crippen LogP contribution is 2.37. The van der Waals surface area contributed by atoms with Crippen LogP contribution < -0.4 is 10.4 Å². The van der Waals surface area contributed by atoms with E-state index >= 15 is 0 Å². The van der Waals surface area contributed by atoms with Crippen LogP contribution in [0.15, 0.2) is 72.8 Å². The summed E-state index contributed by atoms with van der Waals surface area (Å²) in [6.45, 7) is 7.42. The summed E-state index contributed by atoms with van der Waals surface area (Å²) >= 11 is 0. The third kappa shape index (κ3) is 4.24. The van der Waals surface area contributed by atoms with E-state index in [0.29, 0.717) is 6.61 Å². The second kappa shape index (κ2) is 8.53. The number of hydrogen-bond donors (Lipinski definition) is 0. The van der Waals surface area contributed by atoms with Gasteiger partial charge in [0.1, 0.15) is 0 Å². The predicted molar refractivity (Wildman–Crippen MR) is 113 cm³/mol. The van der Waals surface area contributed by atoms with E-state index in [-0.39, 0.29) is 17.4 Å². The van der Waals surface area contributed by atoms with Crippen LogP contribution in [0.25, 0.3) is 0 Å². The monoisotopic (exact) mass is 382 g/mol. The van der Waals surface area contributed by atoms with Gasteiger partial charge in [0.25, 0.3) is 8.32 Å². The van der Waals surface area contributed by atoms with Gasteiger partial charge < -0.3 is 13.9 Å². The highest BCUT2D eigenvalue weighted by Gasteiger charge is 2.50. The highest BCUT2D eigenvalue weighted by molar-refractivity contribution is 6.99. The van der Waals surface area contributed by atoms with Crippen LogP contribution in [0, 0.1) is 0 Å². The van der Waals surface area contributed by atoms with Crippen molar-refractivity contribution in [2.24, 2.45) is 0 Å². The molecule has 1 aliphatic heterocycles. The van der Waals surface area contributed by atoms with Gasteiger partial charge in [-0.25, -0.2) is 0 Å². The van der Waals surface area contributed by atoms with E-state index < -0.39 is 8.32 Å². The maximum atomic E-state index is 6.92. The zero-order chi connectivity index (χ0) is 19.3. The van der Waals surface area contributed by atoms with Crippen molar-refractivity contribution in [3.8, 4) is 0 Å². The molecule has 0 aromatic heterocycles. The maximum Gasteiger partial charge on any atom is 0.261 e. The molecule has 144 valence electrons. The van der Waals surface area contributed by atoms with Crippen LogP contribution in [0.5, 0.6) is 0 Å². The van der Waals surface area contributed by atoms with E-state index in [0.717, 1.165) is 6.42 Å². The minimum Gasteiger partial charge on any atom is -0.405 e. The van der Waals surface area contributed by atoms with Gasteiger partial charge in [-0.1, -0.05) is 87.5 Å². The van der Waals surface area contributed by atoms with E-state index in [1.165, 1.54) is 10.4 Å². The Hall–Kier alpha value is -1.72. The Kier molecular flexibility index (Phi) is 6.32. The number of ether oxygens (including phenoxy) is 2. The van der Waals surface area contributed by atoms with Gasteiger partial charge in [-0.3, -0.25) is 0 Å². The Morgan fingerprint density at radius 3 is 2.00 bits per heavy atom. The first-order valence-corrected chi connectivity index (χ1v) is 11.5. The minimum atomic E-state index is -2.51. The van der Waals surface area contributed by atoms with Crippen LogP contribution in [0.3, 0.4) is 0 Å². The fourth-order valence-electron chi connectivity index (χ4n) is 3.85. The third-order valence-electron chi connectivity index (χ3n) is 5.15. The Bertz CT molecular complexity index is 698. The number of benzene rings is 2. The van der Waals surface area contributed by atoms with Gasteiger partial charge in [-0.05, 0) is 27.9 Å². The average molecular weight is 383 g/mol. The van der Waals surface area contributed by atoms with Crippen LogP contribution in [-0.4, -0.2) is 34.4 Å². The van der Waals surface area contributed by atoms with E-state index in [1.54, 1.807) is 7.11 Å². The van der Waals surface area contributed by atoms with E-state index in [4.69, 9.17) is 13.9 Å². The molecule has 0 bridgehead atoms. The topological polar surface area (TPSA) is 27.7 Å². The fraction of sp³-hybridized carbons (Fsp3) is 0.391. The molecular weight excluding hydrogens is 352 g/mol. The van der Waals surface area contributed by atoms with E-state index in [2.05, 4.69) is 87.5 Å². The molecule has 3 nitrogen and oxygen atoms in total. The summed E-state index contributed by atoms with van der Waals surface area (Å²) in [6, 6.07) is 21.4. The van der Waals surface area contributed by atoms with Gasteiger partial charge in [0.2, 0.25) is 0 Å². The Morgan fingerprint density at radius 2 is 1.52 bits per heavy atom. The molecule has 2 atom stereocenters. The van der Waals surface area contributed by atoms with Crippen molar-refractivity contribution in [1.29, 1.82) is 0 Å². The molecule has 2 aromatic rings. The SMILES string of the molecule is CO[C@H]1C=CC[C@H](CO[Si](c2ccccc2)(c2ccccc2)C(C)(C)C)O1. The Balaban J connectivity index is 1.98. The van der Waals surface area contributed by atoms with Crippen LogP contribution >= 0.6 is 0 Å². The van der Waals surface area contributed by atoms with Gasteiger partial charge >= 0.3 is 0 Å². The first-order valence-electron chi connectivity index (χ1n) is 9.57. The summed E-state index contributed by atoms with van der Waals surface area (Å²) < 4.78 is 18.3. The zero-order valence-electron chi connectivity index (χ0n) is 16.7.